The molecule has 0 aromatic heterocycles. The molecular formula is C11H21NO2. The van der Waals surface area contributed by atoms with Gasteiger partial charge in [-0.3, -0.25) is 9.69 Å². The Bertz CT molecular complexity index is 197. The molecule has 1 atom stereocenters. The molecule has 1 aliphatic carbocycles. The third-order valence-corrected chi connectivity index (χ3v) is 3.28. The number of hydrogen-bond acceptors (Lipinski definition) is 2. The van der Waals surface area contributed by atoms with Gasteiger partial charge in [-0.05, 0) is 38.6 Å². The number of nitrogens with zero attached hydrogens (tertiary/aromatic N) is 1. The summed E-state index contributed by atoms with van der Waals surface area (Å²) in [5.41, 5.74) is 0. The van der Waals surface area contributed by atoms with Crippen LogP contribution in [0.1, 0.15) is 39.5 Å². The molecule has 0 saturated heterocycles. The lowest BCUT2D eigenvalue weighted by atomic mass is 10.1. The summed E-state index contributed by atoms with van der Waals surface area (Å²) < 4.78 is 0. The number of likely N-dealkylation sites (N-methyl/N-ethyl adjacent to an activating group) is 1. The maximum absolute atomic E-state index is 11.1. The van der Waals surface area contributed by atoms with Crippen LogP contribution in [0.15, 0.2) is 0 Å². The number of carboxylic acids is 1. The first-order chi connectivity index (χ1) is 6.61. The molecule has 0 heterocycles. The van der Waals surface area contributed by atoms with Gasteiger partial charge < -0.3 is 5.11 Å². The van der Waals surface area contributed by atoms with Gasteiger partial charge in [-0.15, -0.1) is 0 Å². The van der Waals surface area contributed by atoms with Crippen LogP contribution in [-0.2, 0) is 4.79 Å². The standard InChI is InChI=1S/C11H21NO2/c1-4-9(5-2)12(3)10(11(13)14)8-6-7-8/h8-10H,4-7H2,1-3H3,(H,13,14). The molecule has 3 nitrogen and oxygen atoms in total. The van der Waals surface area contributed by atoms with Gasteiger partial charge in [-0.2, -0.15) is 0 Å². The summed E-state index contributed by atoms with van der Waals surface area (Å²) in [6.07, 6.45) is 4.23. The molecule has 82 valence electrons. The summed E-state index contributed by atoms with van der Waals surface area (Å²) in [7, 11) is 1.95. The highest BCUT2D eigenvalue weighted by molar-refractivity contribution is 5.74. The quantitative estimate of drug-likeness (QED) is 0.711. The van der Waals surface area contributed by atoms with Gasteiger partial charge in [0.15, 0.2) is 0 Å². The van der Waals surface area contributed by atoms with Crippen LogP contribution in [0.4, 0.5) is 0 Å². The minimum absolute atomic E-state index is 0.250. The summed E-state index contributed by atoms with van der Waals surface area (Å²) in [5.74, 6) is -0.250. The summed E-state index contributed by atoms with van der Waals surface area (Å²) >= 11 is 0. The average Bonchev–Trinajstić information content (AvgIpc) is 2.90. The normalized spacial score (nSPS) is 18.9. The number of aliphatic carboxylic acids is 1. The molecule has 0 aromatic carbocycles. The Balaban J connectivity index is 2.61. The molecule has 14 heavy (non-hydrogen) atoms. The molecule has 0 amide bonds. The van der Waals surface area contributed by atoms with Crippen LogP contribution >= 0.6 is 0 Å². The van der Waals surface area contributed by atoms with E-state index in [4.69, 9.17) is 5.11 Å². The van der Waals surface area contributed by atoms with Crippen molar-refractivity contribution in [3.8, 4) is 0 Å². The molecule has 1 rings (SSSR count). The molecule has 1 unspecified atom stereocenters. The van der Waals surface area contributed by atoms with E-state index in [2.05, 4.69) is 18.7 Å². The molecule has 1 aliphatic rings. The van der Waals surface area contributed by atoms with Crippen molar-refractivity contribution in [1.29, 1.82) is 0 Å². The molecule has 1 saturated carbocycles. The molecule has 1 fully saturated rings. The predicted octanol–water partition coefficient (Wildman–Crippen LogP) is 1.97. The van der Waals surface area contributed by atoms with Crippen molar-refractivity contribution in [2.45, 2.75) is 51.6 Å². The van der Waals surface area contributed by atoms with E-state index in [1.165, 1.54) is 0 Å². The van der Waals surface area contributed by atoms with E-state index in [1.807, 2.05) is 7.05 Å². The van der Waals surface area contributed by atoms with Gasteiger partial charge in [0.1, 0.15) is 6.04 Å². The Labute approximate surface area is 86.1 Å². The van der Waals surface area contributed by atoms with Gasteiger partial charge in [0, 0.05) is 6.04 Å². The molecule has 0 bridgehead atoms. The Morgan fingerprint density at radius 3 is 2.21 bits per heavy atom. The molecular weight excluding hydrogens is 178 g/mol. The van der Waals surface area contributed by atoms with Crippen molar-refractivity contribution in [1.82, 2.24) is 4.90 Å². The summed E-state index contributed by atoms with van der Waals surface area (Å²) in [6.45, 7) is 4.24. The number of carboxylic acid groups (broad SMARTS) is 1. The van der Waals surface area contributed by atoms with Crippen LogP contribution in [0, 0.1) is 5.92 Å². The van der Waals surface area contributed by atoms with Crippen LogP contribution < -0.4 is 0 Å². The SMILES string of the molecule is CCC(CC)N(C)C(C(=O)O)C1CC1. The van der Waals surface area contributed by atoms with Crippen molar-refractivity contribution >= 4 is 5.97 Å². The number of carbonyl (C=O) groups is 1. The summed E-state index contributed by atoms with van der Waals surface area (Å²) in [4.78, 5) is 13.2. The van der Waals surface area contributed by atoms with Gasteiger partial charge in [-0.1, -0.05) is 13.8 Å². The monoisotopic (exact) mass is 199 g/mol. The fourth-order valence-corrected chi connectivity index (χ4v) is 2.21. The second kappa shape index (κ2) is 4.78. The van der Waals surface area contributed by atoms with E-state index in [0.717, 1.165) is 25.7 Å². The van der Waals surface area contributed by atoms with Crippen molar-refractivity contribution in [3.63, 3.8) is 0 Å². The maximum Gasteiger partial charge on any atom is 0.321 e. The van der Waals surface area contributed by atoms with Crippen LogP contribution in [0.3, 0.4) is 0 Å². The Morgan fingerprint density at radius 1 is 1.43 bits per heavy atom. The van der Waals surface area contributed by atoms with Crippen LogP contribution in [0.5, 0.6) is 0 Å². The predicted molar refractivity (Wildman–Crippen MR) is 56.3 cm³/mol. The summed E-state index contributed by atoms with van der Waals surface area (Å²) in [6, 6.07) is 0.164. The topological polar surface area (TPSA) is 40.5 Å². The average molecular weight is 199 g/mol. The molecule has 0 aliphatic heterocycles. The largest absolute Gasteiger partial charge is 0.480 e. The van der Waals surface area contributed by atoms with Crippen LogP contribution in [0.2, 0.25) is 0 Å². The van der Waals surface area contributed by atoms with E-state index in [-0.39, 0.29) is 6.04 Å². The molecule has 0 aromatic rings. The Kier molecular flexibility index (Phi) is 3.93. The zero-order valence-electron chi connectivity index (χ0n) is 9.36. The van der Waals surface area contributed by atoms with Gasteiger partial charge in [0.25, 0.3) is 0 Å². The van der Waals surface area contributed by atoms with E-state index < -0.39 is 5.97 Å². The first-order valence-corrected chi connectivity index (χ1v) is 5.56. The van der Waals surface area contributed by atoms with Gasteiger partial charge >= 0.3 is 5.97 Å². The minimum Gasteiger partial charge on any atom is -0.480 e. The summed E-state index contributed by atoms with van der Waals surface area (Å²) in [5, 5.41) is 9.15. The first kappa shape index (κ1) is 11.5. The van der Waals surface area contributed by atoms with E-state index in [1.54, 1.807) is 0 Å². The van der Waals surface area contributed by atoms with Crippen molar-refractivity contribution in [2.24, 2.45) is 5.92 Å². The molecule has 1 N–H and O–H groups in total. The van der Waals surface area contributed by atoms with Crippen molar-refractivity contribution < 1.29 is 9.90 Å². The fourth-order valence-electron chi connectivity index (χ4n) is 2.21. The Hall–Kier alpha value is -0.570. The second-order valence-electron chi connectivity index (χ2n) is 4.26. The van der Waals surface area contributed by atoms with Crippen molar-refractivity contribution in [3.05, 3.63) is 0 Å². The van der Waals surface area contributed by atoms with Gasteiger partial charge in [0.05, 0.1) is 0 Å². The third-order valence-electron chi connectivity index (χ3n) is 3.28. The maximum atomic E-state index is 11.1. The van der Waals surface area contributed by atoms with Gasteiger partial charge in [0.2, 0.25) is 0 Å². The second-order valence-corrected chi connectivity index (χ2v) is 4.26. The lowest BCUT2D eigenvalue weighted by Gasteiger charge is -2.31. The van der Waals surface area contributed by atoms with E-state index in [0.29, 0.717) is 12.0 Å². The lowest BCUT2D eigenvalue weighted by Crippen LogP contribution is -2.45. The minimum atomic E-state index is -0.651. The highest BCUT2D eigenvalue weighted by atomic mass is 16.4. The van der Waals surface area contributed by atoms with E-state index >= 15 is 0 Å². The lowest BCUT2D eigenvalue weighted by molar-refractivity contribution is -0.144. The first-order valence-electron chi connectivity index (χ1n) is 5.56. The van der Waals surface area contributed by atoms with E-state index in [9.17, 15) is 4.79 Å². The zero-order chi connectivity index (χ0) is 10.7. The van der Waals surface area contributed by atoms with Gasteiger partial charge in [-0.25, -0.2) is 0 Å². The number of hydrogen-bond donors (Lipinski definition) is 1. The van der Waals surface area contributed by atoms with Crippen molar-refractivity contribution in [2.75, 3.05) is 7.05 Å². The molecule has 0 radical (unpaired) electrons. The van der Waals surface area contributed by atoms with Crippen LogP contribution in [-0.4, -0.2) is 35.1 Å². The highest BCUT2D eigenvalue weighted by Crippen LogP contribution is 2.36. The number of rotatable bonds is 6. The smallest absolute Gasteiger partial charge is 0.321 e. The highest BCUT2D eigenvalue weighted by Gasteiger charge is 2.40. The fraction of sp³-hybridized carbons (Fsp3) is 0.909. The molecule has 0 spiro atoms. The van der Waals surface area contributed by atoms with Crippen LogP contribution in [0.25, 0.3) is 0 Å². The molecule has 3 heteroatoms. The Morgan fingerprint density at radius 2 is 1.93 bits per heavy atom. The zero-order valence-corrected chi connectivity index (χ0v) is 9.36. The third kappa shape index (κ3) is 2.47.